The number of rotatable bonds is 4. The number of anilines is 1. The summed E-state index contributed by atoms with van der Waals surface area (Å²) in [5.74, 6) is -1.77. The van der Waals surface area contributed by atoms with E-state index >= 15 is 0 Å². The summed E-state index contributed by atoms with van der Waals surface area (Å²) in [6.45, 7) is 3.06. The molecule has 2 rings (SSSR count). The van der Waals surface area contributed by atoms with Crippen LogP contribution in [0.15, 0.2) is 42.6 Å². The minimum absolute atomic E-state index is 0.255. The van der Waals surface area contributed by atoms with Crippen LogP contribution in [0.1, 0.15) is 21.6 Å². The number of aryl methyl sites for hydroxylation is 2. The van der Waals surface area contributed by atoms with E-state index < -0.39 is 24.5 Å². The Balaban J connectivity index is 1.84. The number of aromatic nitrogens is 1. The van der Waals surface area contributed by atoms with Crippen molar-refractivity contribution in [2.24, 2.45) is 0 Å². The predicted molar refractivity (Wildman–Crippen MR) is 88.8 cm³/mol. The lowest BCUT2D eigenvalue weighted by Gasteiger charge is -2.10. The lowest BCUT2D eigenvalue weighted by Crippen LogP contribution is -2.39. The molecular formula is C17H17N3O5. The van der Waals surface area contributed by atoms with Gasteiger partial charge in [-0.15, -0.1) is 0 Å². The van der Waals surface area contributed by atoms with Crippen LogP contribution in [0.2, 0.25) is 0 Å². The molecule has 0 fully saturated rings. The van der Waals surface area contributed by atoms with Gasteiger partial charge >= 0.3 is 17.7 Å². The van der Waals surface area contributed by atoms with E-state index in [2.05, 4.69) is 5.32 Å². The molecule has 0 atom stereocenters. The number of hydrogen-bond donors (Lipinski definition) is 2. The average molecular weight is 343 g/mol. The number of nitrogens with zero attached hydrogens (tertiary/aromatic N) is 1. The molecule has 1 aromatic heterocycles. The smallest absolute Gasteiger partial charge is 0.405 e. The fraction of sp³-hybridized carbons (Fsp3) is 0.176. The van der Waals surface area contributed by atoms with Crippen LogP contribution in [0.25, 0.3) is 0 Å². The molecule has 130 valence electrons. The number of urea groups is 1. The molecular weight excluding hydrogens is 326 g/mol. The van der Waals surface area contributed by atoms with E-state index in [0.29, 0.717) is 10.4 Å². The minimum atomic E-state index is -0.958. The van der Waals surface area contributed by atoms with Gasteiger partial charge in [-0.25, -0.2) is 9.59 Å². The van der Waals surface area contributed by atoms with E-state index in [1.807, 2.05) is 31.3 Å². The Hall–Kier alpha value is -3.42. The highest BCUT2D eigenvalue weighted by Crippen LogP contribution is 2.15. The van der Waals surface area contributed by atoms with Crippen LogP contribution in [-0.2, 0) is 9.53 Å². The molecule has 0 aliphatic heterocycles. The maximum absolute atomic E-state index is 11.8. The molecule has 8 heteroatoms. The zero-order valence-electron chi connectivity index (χ0n) is 13.7. The first-order chi connectivity index (χ1) is 11.9. The van der Waals surface area contributed by atoms with Gasteiger partial charge in [0.05, 0.1) is 0 Å². The SMILES string of the molecule is Cc1ccc(NC(=O)NC(=O)COC(=O)c2cccc[n+]2[O-])c(C)c1. The summed E-state index contributed by atoms with van der Waals surface area (Å²) in [7, 11) is 0. The Morgan fingerprint density at radius 1 is 1.16 bits per heavy atom. The van der Waals surface area contributed by atoms with E-state index in [4.69, 9.17) is 4.74 Å². The van der Waals surface area contributed by atoms with Crippen molar-refractivity contribution < 1.29 is 23.9 Å². The highest BCUT2D eigenvalue weighted by molar-refractivity contribution is 6.02. The molecule has 8 nitrogen and oxygen atoms in total. The molecule has 2 aromatic rings. The van der Waals surface area contributed by atoms with Crippen molar-refractivity contribution in [3.63, 3.8) is 0 Å². The molecule has 0 unspecified atom stereocenters. The normalized spacial score (nSPS) is 10.0. The first kappa shape index (κ1) is 17.9. The van der Waals surface area contributed by atoms with Gasteiger partial charge in [0.1, 0.15) is 0 Å². The van der Waals surface area contributed by atoms with Gasteiger partial charge < -0.3 is 15.3 Å². The zero-order valence-corrected chi connectivity index (χ0v) is 13.7. The number of nitrogens with one attached hydrogen (secondary N) is 2. The molecule has 2 N–H and O–H groups in total. The van der Waals surface area contributed by atoms with Gasteiger partial charge in [-0.1, -0.05) is 17.7 Å². The van der Waals surface area contributed by atoms with Gasteiger partial charge in [0.2, 0.25) is 0 Å². The Morgan fingerprint density at radius 3 is 2.60 bits per heavy atom. The van der Waals surface area contributed by atoms with Gasteiger partial charge in [-0.3, -0.25) is 10.1 Å². The lowest BCUT2D eigenvalue weighted by atomic mass is 10.1. The predicted octanol–water partition coefficient (Wildman–Crippen LogP) is 1.44. The van der Waals surface area contributed by atoms with Gasteiger partial charge in [0, 0.05) is 17.8 Å². The summed E-state index contributed by atoms with van der Waals surface area (Å²) in [4.78, 5) is 35.2. The van der Waals surface area contributed by atoms with Crippen molar-refractivity contribution in [1.82, 2.24) is 5.32 Å². The van der Waals surface area contributed by atoms with Crippen LogP contribution in [0.5, 0.6) is 0 Å². The minimum Gasteiger partial charge on any atom is -0.618 e. The summed E-state index contributed by atoms with van der Waals surface area (Å²) in [6.07, 6.45) is 1.13. The largest absolute Gasteiger partial charge is 0.618 e. The summed E-state index contributed by atoms with van der Waals surface area (Å²) in [5, 5.41) is 16.0. The highest BCUT2D eigenvalue weighted by atomic mass is 16.5. The van der Waals surface area contributed by atoms with E-state index in [1.54, 1.807) is 6.07 Å². The number of amides is 3. The monoisotopic (exact) mass is 343 g/mol. The molecule has 0 saturated heterocycles. The van der Waals surface area contributed by atoms with Crippen molar-refractivity contribution >= 4 is 23.6 Å². The number of hydrogen-bond acceptors (Lipinski definition) is 5. The lowest BCUT2D eigenvalue weighted by molar-refractivity contribution is -0.608. The zero-order chi connectivity index (χ0) is 18.4. The molecule has 0 spiro atoms. The molecule has 0 saturated carbocycles. The molecule has 1 heterocycles. The summed E-state index contributed by atoms with van der Waals surface area (Å²) in [5.41, 5.74) is 2.20. The fourth-order valence-electron chi connectivity index (χ4n) is 2.06. The number of carbonyl (C=O) groups excluding carboxylic acids is 3. The third kappa shape index (κ3) is 5.03. The Morgan fingerprint density at radius 2 is 1.92 bits per heavy atom. The van der Waals surface area contributed by atoms with Crippen LogP contribution >= 0.6 is 0 Å². The van der Waals surface area contributed by atoms with Crippen LogP contribution in [0.3, 0.4) is 0 Å². The van der Waals surface area contributed by atoms with Crippen LogP contribution in [0.4, 0.5) is 10.5 Å². The second-order valence-corrected chi connectivity index (χ2v) is 5.31. The molecule has 0 bridgehead atoms. The summed E-state index contributed by atoms with van der Waals surface area (Å²) >= 11 is 0. The topological polar surface area (TPSA) is 111 Å². The molecule has 1 aromatic carbocycles. The molecule has 0 aliphatic rings. The van der Waals surface area contributed by atoms with Crippen LogP contribution < -0.4 is 15.4 Å². The first-order valence-corrected chi connectivity index (χ1v) is 7.40. The van der Waals surface area contributed by atoms with Gasteiger partial charge in [-0.2, -0.15) is 4.73 Å². The maximum Gasteiger partial charge on any atom is 0.405 e. The summed E-state index contributed by atoms with van der Waals surface area (Å²) in [6, 6.07) is 8.89. The third-order valence-electron chi connectivity index (χ3n) is 3.25. The van der Waals surface area contributed by atoms with Crippen molar-refractivity contribution in [3.05, 3.63) is 64.6 Å². The number of pyridine rings is 1. The Bertz CT molecular complexity index is 820. The molecule has 0 aliphatic carbocycles. The van der Waals surface area contributed by atoms with Crippen molar-refractivity contribution in [2.75, 3.05) is 11.9 Å². The van der Waals surface area contributed by atoms with Crippen molar-refractivity contribution in [2.45, 2.75) is 13.8 Å². The number of benzene rings is 1. The average Bonchev–Trinajstić information content (AvgIpc) is 2.55. The van der Waals surface area contributed by atoms with E-state index in [0.717, 1.165) is 17.3 Å². The van der Waals surface area contributed by atoms with Crippen molar-refractivity contribution in [1.29, 1.82) is 0 Å². The Kier molecular flexibility index (Phi) is 5.67. The maximum atomic E-state index is 11.8. The fourth-order valence-corrected chi connectivity index (χ4v) is 2.06. The first-order valence-electron chi connectivity index (χ1n) is 7.40. The van der Waals surface area contributed by atoms with Crippen LogP contribution in [-0.4, -0.2) is 24.5 Å². The van der Waals surface area contributed by atoms with Crippen molar-refractivity contribution in [3.8, 4) is 0 Å². The van der Waals surface area contributed by atoms with Crippen LogP contribution in [0, 0.1) is 19.1 Å². The van der Waals surface area contributed by atoms with E-state index in [-0.39, 0.29) is 5.69 Å². The van der Waals surface area contributed by atoms with E-state index in [1.165, 1.54) is 18.2 Å². The highest BCUT2D eigenvalue weighted by Gasteiger charge is 2.19. The third-order valence-corrected chi connectivity index (χ3v) is 3.25. The van der Waals surface area contributed by atoms with Gasteiger partial charge in [-0.05, 0) is 31.5 Å². The molecule has 3 amide bonds. The van der Waals surface area contributed by atoms with E-state index in [9.17, 15) is 19.6 Å². The summed E-state index contributed by atoms with van der Waals surface area (Å²) < 4.78 is 5.04. The van der Waals surface area contributed by atoms with Gasteiger partial charge in [0.15, 0.2) is 12.8 Å². The molecule has 25 heavy (non-hydrogen) atoms. The second kappa shape index (κ2) is 7.91. The Labute approximate surface area is 144 Å². The number of imide groups is 1. The quantitative estimate of drug-likeness (QED) is 0.496. The number of esters is 1. The number of carbonyl (C=O) groups is 3. The molecule has 0 radical (unpaired) electrons. The van der Waals surface area contributed by atoms with Gasteiger partial charge in [0.25, 0.3) is 5.91 Å². The second-order valence-electron chi connectivity index (χ2n) is 5.31. The standard InChI is InChI=1S/C17H17N3O5/c1-11-6-7-13(12(2)9-11)18-17(23)19-15(21)10-25-16(22)14-5-3-4-8-20(14)24/h3-9H,10H2,1-2H3,(H2,18,19,21,23). The number of ether oxygens (including phenoxy) is 1.